The average Bonchev–Trinajstić information content (AvgIpc) is 2.64. The molecule has 0 unspecified atom stereocenters. The van der Waals surface area contributed by atoms with E-state index in [0.29, 0.717) is 17.8 Å². The van der Waals surface area contributed by atoms with Gasteiger partial charge in [-0.05, 0) is 60.2 Å². The van der Waals surface area contributed by atoms with Crippen LogP contribution in [0.15, 0.2) is 36.4 Å². The van der Waals surface area contributed by atoms with Crippen molar-refractivity contribution in [2.45, 2.75) is 40.2 Å². The van der Waals surface area contributed by atoms with Gasteiger partial charge in [-0.15, -0.1) is 0 Å². The summed E-state index contributed by atoms with van der Waals surface area (Å²) < 4.78 is 24.7. The zero-order chi connectivity index (χ0) is 20.2. The van der Waals surface area contributed by atoms with Crippen LogP contribution in [-0.4, -0.2) is 27.6 Å². The molecule has 0 saturated carbocycles. The number of benzene rings is 2. The monoisotopic (exact) mass is 388 g/mol. The van der Waals surface area contributed by atoms with Gasteiger partial charge in [-0.1, -0.05) is 32.0 Å². The standard InChI is InChI=1S/C21H28N2O3S/c1-6-16-8-9-17(7-2)19(13-16)14-22-21(24)18-10-11-20(15(3)12-18)23(4)27(5,25)26/h8-13H,6-7,14H2,1-5H3,(H,22,24). The molecule has 0 aliphatic carbocycles. The largest absolute Gasteiger partial charge is 0.348 e. The molecule has 0 aliphatic rings. The zero-order valence-electron chi connectivity index (χ0n) is 16.7. The van der Waals surface area contributed by atoms with Crippen molar-refractivity contribution in [3.05, 3.63) is 64.2 Å². The lowest BCUT2D eigenvalue weighted by atomic mass is 10.0. The molecule has 0 bridgehead atoms. The minimum atomic E-state index is -3.34. The van der Waals surface area contributed by atoms with E-state index in [1.807, 2.05) is 0 Å². The first-order valence-electron chi connectivity index (χ1n) is 9.10. The van der Waals surface area contributed by atoms with E-state index in [0.717, 1.165) is 30.2 Å². The molecule has 1 amide bonds. The summed E-state index contributed by atoms with van der Waals surface area (Å²) in [6, 6.07) is 11.4. The number of rotatable bonds is 7. The molecule has 0 aromatic heterocycles. The van der Waals surface area contributed by atoms with Crippen LogP contribution in [0.1, 0.15) is 46.5 Å². The topological polar surface area (TPSA) is 66.5 Å². The molecule has 2 aromatic rings. The second-order valence-corrected chi connectivity index (χ2v) is 8.74. The molecule has 0 radical (unpaired) electrons. The number of hydrogen-bond acceptors (Lipinski definition) is 3. The summed E-state index contributed by atoms with van der Waals surface area (Å²) in [5.74, 6) is -0.171. The van der Waals surface area contributed by atoms with Gasteiger partial charge in [0.05, 0.1) is 11.9 Å². The Morgan fingerprint density at radius 1 is 1.04 bits per heavy atom. The third kappa shape index (κ3) is 5.10. The molecule has 2 rings (SSSR count). The molecule has 0 atom stereocenters. The van der Waals surface area contributed by atoms with Crippen molar-refractivity contribution in [2.24, 2.45) is 0 Å². The average molecular weight is 389 g/mol. The van der Waals surface area contributed by atoms with Crippen molar-refractivity contribution in [1.29, 1.82) is 0 Å². The van der Waals surface area contributed by atoms with Gasteiger partial charge in [0.2, 0.25) is 10.0 Å². The number of hydrogen-bond donors (Lipinski definition) is 1. The van der Waals surface area contributed by atoms with Crippen LogP contribution in [0.2, 0.25) is 0 Å². The first-order valence-corrected chi connectivity index (χ1v) is 11.0. The number of carbonyl (C=O) groups excluding carboxylic acids is 1. The second-order valence-electron chi connectivity index (χ2n) is 6.72. The van der Waals surface area contributed by atoms with Gasteiger partial charge in [0.1, 0.15) is 0 Å². The van der Waals surface area contributed by atoms with Crippen LogP contribution in [0.5, 0.6) is 0 Å². The predicted molar refractivity (Wildman–Crippen MR) is 111 cm³/mol. The molecule has 2 aromatic carbocycles. The third-order valence-corrected chi connectivity index (χ3v) is 5.99. The van der Waals surface area contributed by atoms with Crippen LogP contribution < -0.4 is 9.62 Å². The molecular formula is C21H28N2O3S. The van der Waals surface area contributed by atoms with Crippen LogP contribution in [0.25, 0.3) is 0 Å². The van der Waals surface area contributed by atoms with Crippen LogP contribution in [0.3, 0.4) is 0 Å². The van der Waals surface area contributed by atoms with Gasteiger partial charge in [0, 0.05) is 19.2 Å². The van der Waals surface area contributed by atoms with Crippen LogP contribution in [0.4, 0.5) is 5.69 Å². The molecule has 6 heteroatoms. The van der Waals surface area contributed by atoms with Crippen molar-refractivity contribution < 1.29 is 13.2 Å². The van der Waals surface area contributed by atoms with E-state index in [2.05, 4.69) is 37.4 Å². The molecule has 1 N–H and O–H groups in total. The summed E-state index contributed by atoms with van der Waals surface area (Å²) in [6.07, 6.45) is 3.03. The number of aryl methyl sites for hydroxylation is 3. The van der Waals surface area contributed by atoms with Crippen LogP contribution in [0, 0.1) is 6.92 Å². The van der Waals surface area contributed by atoms with E-state index in [1.54, 1.807) is 25.1 Å². The van der Waals surface area contributed by atoms with Gasteiger partial charge in [0.25, 0.3) is 5.91 Å². The summed E-state index contributed by atoms with van der Waals surface area (Å²) in [5.41, 5.74) is 5.43. The molecule has 0 spiro atoms. The first kappa shape index (κ1) is 21.0. The Balaban J connectivity index is 2.17. The Labute approximate surface area is 162 Å². The Morgan fingerprint density at radius 3 is 2.30 bits per heavy atom. The molecule has 146 valence electrons. The predicted octanol–water partition coefficient (Wildman–Crippen LogP) is 3.45. The molecule has 0 fully saturated rings. The Kier molecular flexibility index (Phi) is 6.65. The van der Waals surface area contributed by atoms with Gasteiger partial charge in [-0.3, -0.25) is 9.10 Å². The number of amides is 1. The van der Waals surface area contributed by atoms with Gasteiger partial charge < -0.3 is 5.32 Å². The lowest BCUT2D eigenvalue weighted by molar-refractivity contribution is 0.0950. The fourth-order valence-electron chi connectivity index (χ4n) is 3.01. The maximum atomic E-state index is 12.6. The highest BCUT2D eigenvalue weighted by Gasteiger charge is 2.16. The van der Waals surface area contributed by atoms with E-state index >= 15 is 0 Å². The number of anilines is 1. The van der Waals surface area contributed by atoms with Gasteiger partial charge in [-0.25, -0.2) is 8.42 Å². The van der Waals surface area contributed by atoms with Gasteiger partial charge in [-0.2, -0.15) is 0 Å². The van der Waals surface area contributed by atoms with Crippen molar-refractivity contribution >= 4 is 21.6 Å². The summed E-state index contributed by atoms with van der Waals surface area (Å²) >= 11 is 0. The molecule has 27 heavy (non-hydrogen) atoms. The number of carbonyl (C=O) groups is 1. The Bertz CT molecular complexity index is 936. The molecule has 0 heterocycles. The maximum absolute atomic E-state index is 12.6. The summed E-state index contributed by atoms with van der Waals surface area (Å²) in [5, 5.41) is 2.98. The highest BCUT2D eigenvalue weighted by atomic mass is 32.2. The van der Waals surface area contributed by atoms with Crippen LogP contribution >= 0.6 is 0 Å². The lowest BCUT2D eigenvalue weighted by Gasteiger charge is -2.19. The molecule has 0 saturated heterocycles. The smallest absolute Gasteiger partial charge is 0.251 e. The Hall–Kier alpha value is -2.34. The number of nitrogens with one attached hydrogen (secondary N) is 1. The molecular weight excluding hydrogens is 360 g/mol. The van der Waals surface area contributed by atoms with Crippen molar-refractivity contribution in [1.82, 2.24) is 5.32 Å². The van der Waals surface area contributed by atoms with E-state index in [1.165, 1.54) is 22.5 Å². The quantitative estimate of drug-likeness (QED) is 0.790. The maximum Gasteiger partial charge on any atom is 0.251 e. The van der Waals surface area contributed by atoms with Crippen molar-refractivity contribution in [3.63, 3.8) is 0 Å². The summed E-state index contributed by atoms with van der Waals surface area (Å²) in [7, 11) is -1.83. The van der Waals surface area contributed by atoms with E-state index < -0.39 is 10.0 Å². The molecule has 0 aliphatic heterocycles. The lowest BCUT2D eigenvalue weighted by Crippen LogP contribution is -2.26. The first-order chi connectivity index (χ1) is 12.7. The third-order valence-electron chi connectivity index (χ3n) is 4.79. The number of sulfonamides is 1. The normalized spacial score (nSPS) is 11.3. The minimum absolute atomic E-state index is 0.171. The second kappa shape index (κ2) is 8.57. The highest BCUT2D eigenvalue weighted by Crippen LogP contribution is 2.22. The summed E-state index contributed by atoms with van der Waals surface area (Å²) in [6.45, 7) is 6.49. The fraction of sp³-hybridized carbons (Fsp3) is 0.381. The van der Waals surface area contributed by atoms with Gasteiger partial charge in [0.15, 0.2) is 0 Å². The zero-order valence-corrected chi connectivity index (χ0v) is 17.5. The Morgan fingerprint density at radius 2 is 1.74 bits per heavy atom. The van der Waals surface area contributed by atoms with Gasteiger partial charge >= 0.3 is 0 Å². The van der Waals surface area contributed by atoms with Crippen molar-refractivity contribution in [2.75, 3.05) is 17.6 Å². The SMILES string of the molecule is CCc1ccc(CC)c(CNC(=O)c2ccc(N(C)S(C)(=O)=O)c(C)c2)c1. The molecule has 5 nitrogen and oxygen atoms in total. The van der Waals surface area contributed by atoms with E-state index in [-0.39, 0.29) is 5.91 Å². The highest BCUT2D eigenvalue weighted by molar-refractivity contribution is 7.92. The minimum Gasteiger partial charge on any atom is -0.348 e. The van der Waals surface area contributed by atoms with E-state index in [9.17, 15) is 13.2 Å². The van der Waals surface area contributed by atoms with Crippen molar-refractivity contribution in [3.8, 4) is 0 Å². The van der Waals surface area contributed by atoms with E-state index in [4.69, 9.17) is 0 Å². The summed E-state index contributed by atoms with van der Waals surface area (Å²) in [4.78, 5) is 12.6. The van der Waals surface area contributed by atoms with Crippen LogP contribution in [-0.2, 0) is 29.4 Å². The fourth-order valence-corrected chi connectivity index (χ4v) is 3.58. The number of nitrogens with zero attached hydrogens (tertiary/aromatic N) is 1.